The molecule has 0 unspecified atom stereocenters. The molecule has 0 saturated heterocycles. The molecular weight excluding hydrogens is 266 g/mol. The Morgan fingerprint density at radius 3 is 2.81 bits per heavy atom. The average molecular weight is 284 g/mol. The van der Waals surface area contributed by atoms with Gasteiger partial charge in [0.05, 0.1) is 16.4 Å². The van der Waals surface area contributed by atoms with Crippen LogP contribution < -0.4 is 10.6 Å². The largest absolute Gasteiger partial charge is 0.397 e. The van der Waals surface area contributed by atoms with E-state index in [2.05, 4.69) is 32.7 Å². The molecule has 1 fully saturated rings. The summed E-state index contributed by atoms with van der Waals surface area (Å²) in [6.45, 7) is 5.30. The highest BCUT2D eigenvalue weighted by molar-refractivity contribution is 9.10. The Hall–Kier alpha value is -0.770. The predicted molar refractivity (Wildman–Crippen MR) is 71.7 cm³/mol. The van der Waals surface area contributed by atoms with Gasteiger partial charge in [-0.25, -0.2) is 4.98 Å². The van der Waals surface area contributed by atoms with Gasteiger partial charge >= 0.3 is 0 Å². The summed E-state index contributed by atoms with van der Waals surface area (Å²) >= 11 is 3.61. The van der Waals surface area contributed by atoms with Crippen LogP contribution in [0.3, 0.4) is 0 Å². The number of pyridine rings is 1. The van der Waals surface area contributed by atoms with Crippen LogP contribution in [0.25, 0.3) is 0 Å². The van der Waals surface area contributed by atoms with Gasteiger partial charge in [0.1, 0.15) is 5.82 Å². The lowest BCUT2D eigenvalue weighted by Gasteiger charge is -2.25. The molecule has 0 radical (unpaired) electrons. The maximum Gasteiger partial charge on any atom is 0.143 e. The molecule has 2 rings (SSSR count). The van der Waals surface area contributed by atoms with E-state index in [0.717, 1.165) is 34.5 Å². The summed E-state index contributed by atoms with van der Waals surface area (Å²) in [6, 6.07) is 0.687. The fourth-order valence-corrected chi connectivity index (χ4v) is 2.43. The van der Waals surface area contributed by atoms with Crippen molar-refractivity contribution in [3.63, 3.8) is 0 Å². The van der Waals surface area contributed by atoms with E-state index >= 15 is 0 Å². The molecule has 1 aromatic heterocycles. The number of nitrogens with zero attached hydrogens (tertiary/aromatic N) is 2. The van der Waals surface area contributed by atoms with E-state index in [1.807, 2.05) is 6.92 Å². The number of hydrogen-bond acceptors (Lipinski definition) is 3. The molecule has 0 aromatic carbocycles. The summed E-state index contributed by atoms with van der Waals surface area (Å²) in [5.41, 5.74) is 7.69. The zero-order chi connectivity index (χ0) is 11.7. The highest BCUT2D eigenvalue weighted by Gasteiger charge is 2.30. The van der Waals surface area contributed by atoms with Crippen LogP contribution in [0.4, 0.5) is 11.5 Å². The molecule has 1 aliphatic rings. The minimum Gasteiger partial charge on any atom is -0.397 e. The van der Waals surface area contributed by atoms with Gasteiger partial charge in [0.2, 0.25) is 0 Å². The summed E-state index contributed by atoms with van der Waals surface area (Å²) in [6.07, 6.45) is 5.49. The molecule has 0 spiro atoms. The minimum absolute atomic E-state index is 0.687. The van der Waals surface area contributed by atoms with Crippen molar-refractivity contribution in [3.05, 3.63) is 16.2 Å². The van der Waals surface area contributed by atoms with Crippen molar-refractivity contribution in [2.45, 2.75) is 39.2 Å². The van der Waals surface area contributed by atoms with Gasteiger partial charge in [0.25, 0.3) is 0 Å². The summed E-state index contributed by atoms with van der Waals surface area (Å²) in [5.74, 6) is 1.05. The van der Waals surface area contributed by atoms with Crippen LogP contribution in [-0.4, -0.2) is 17.6 Å². The van der Waals surface area contributed by atoms with E-state index in [4.69, 9.17) is 5.73 Å². The summed E-state index contributed by atoms with van der Waals surface area (Å²) in [4.78, 5) is 6.87. The molecule has 1 heterocycles. The van der Waals surface area contributed by atoms with E-state index in [1.54, 1.807) is 6.20 Å². The van der Waals surface area contributed by atoms with Crippen molar-refractivity contribution in [2.24, 2.45) is 0 Å². The highest BCUT2D eigenvalue weighted by Crippen LogP contribution is 2.37. The predicted octanol–water partition coefficient (Wildman–Crippen LogP) is 3.11. The van der Waals surface area contributed by atoms with Crippen molar-refractivity contribution in [1.29, 1.82) is 0 Å². The van der Waals surface area contributed by atoms with Crippen molar-refractivity contribution in [3.8, 4) is 0 Å². The molecule has 1 aromatic rings. The van der Waals surface area contributed by atoms with Gasteiger partial charge in [-0.05, 0) is 47.7 Å². The lowest BCUT2D eigenvalue weighted by atomic mass is 10.2. The van der Waals surface area contributed by atoms with Gasteiger partial charge in [-0.3, -0.25) is 0 Å². The number of rotatable bonds is 4. The van der Waals surface area contributed by atoms with Crippen molar-refractivity contribution >= 4 is 27.4 Å². The maximum atomic E-state index is 5.84. The van der Waals surface area contributed by atoms with Crippen molar-refractivity contribution in [1.82, 2.24) is 4.98 Å². The third kappa shape index (κ3) is 2.17. The molecule has 0 atom stereocenters. The van der Waals surface area contributed by atoms with E-state index in [0.29, 0.717) is 6.04 Å². The summed E-state index contributed by atoms with van der Waals surface area (Å²) in [7, 11) is 0. The van der Waals surface area contributed by atoms with Crippen LogP contribution in [0.15, 0.2) is 10.7 Å². The first-order chi connectivity index (χ1) is 7.65. The quantitative estimate of drug-likeness (QED) is 0.923. The van der Waals surface area contributed by atoms with Crippen LogP contribution in [0.2, 0.25) is 0 Å². The topological polar surface area (TPSA) is 42.2 Å². The molecule has 4 heteroatoms. The van der Waals surface area contributed by atoms with E-state index in [1.165, 1.54) is 12.8 Å². The fourth-order valence-electron chi connectivity index (χ4n) is 1.87. The molecule has 1 saturated carbocycles. The van der Waals surface area contributed by atoms with E-state index in [9.17, 15) is 0 Å². The third-order valence-corrected chi connectivity index (χ3v) is 3.96. The van der Waals surface area contributed by atoms with Gasteiger partial charge in [0.15, 0.2) is 0 Å². The molecule has 0 bridgehead atoms. The molecule has 0 aliphatic heterocycles. The second-order valence-electron chi connectivity index (χ2n) is 4.40. The monoisotopic (exact) mass is 283 g/mol. The first kappa shape index (κ1) is 11.7. The standard InChI is InChI=1S/C12H18BrN3/c1-3-6-16(9-4-5-9)12-11(13)8(2)10(14)7-15-12/h7,9H,3-6,14H2,1-2H3. The van der Waals surface area contributed by atoms with Crippen molar-refractivity contribution in [2.75, 3.05) is 17.2 Å². The van der Waals surface area contributed by atoms with Crippen LogP contribution in [0.1, 0.15) is 31.7 Å². The lowest BCUT2D eigenvalue weighted by Crippen LogP contribution is -2.28. The van der Waals surface area contributed by atoms with Crippen LogP contribution >= 0.6 is 15.9 Å². The molecule has 3 nitrogen and oxygen atoms in total. The smallest absolute Gasteiger partial charge is 0.143 e. The second kappa shape index (κ2) is 4.62. The Kier molecular flexibility index (Phi) is 3.38. The summed E-state index contributed by atoms with van der Waals surface area (Å²) in [5, 5.41) is 0. The Morgan fingerprint density at radius 1 is 1.56 bits per heavy atom. The van der Waals surface area contributed by atoms with Gasteiger partial charge in [0, 0.05) is 12.6 Å². The van der Waals surface area contributed by atoms with Crippen LogP contribution in [0, 0.1) is 6.92 Å². The normalized spacial score (nSPS) is 15.2. The van der Waals surface area contributed by atoms with Crippen LogP contribution in [-0.2, 0) is 0 Å². The first-order valence-electron chi connectivity index (χ1n) is 5.82. The van der Waals surface area contributed by atoms with Gasteiger partial charge in [-0.15, -0.1) is 0 Å². The van der Waals surface area contributed by atoms with Gasteiger partial charge < -0.3 is 10.6 Å². The Labute approximate surface area is 105 Å². The lowest BCUT2D eigenvalue weighted by molar-refractivity contribution is 0.748. The number of aromatic nitrogens is 1. The Bertz CT molecular complexity index is 388. The van der Waals surface area contributed by atoms with Gasteiger partial charge in [-0.1, -0.05) is 6.92 Å². The fraction of sp³-hybridized carbons (Fsp3) is 0.583. The Morgan fingerprint density at radius 2 is 2.25 bits per heavy atom. The number of halogens is 1. The zero-order valence-corrected chi connectivity index (χ0v) is 11.4. The highest BCUT2D eigenvalue weighted by atomic mass is 79.9. The number of nitrogen functional groups attached to an aromatic ring is 1. The molecular formula is C12H18BrN3. The second-order valence-corrected chi connectivity index (χ2v) is 5.19. The molecule has 2 N–H and O–H groups in total. The number of anilines is 2. The number of nitrogens with two attached hydrogens (primary N) is 1. The minimum atomic E-state index is 0.687. The van der Waals surface area contributed by atoms with Crippen LogP contribution in [0.5, 0.6) is 0 Å². The first-order valence-corrected chi connectivity index (χ1v) is 6.61. The van der Waals surface area contributed by atoms with Gasteiger partial charge in [-0.2, -0.15) is 0 Å². The van der Waals surface area contributed by atoms with E-state index in [-0.39, 0.29) is 0 Å². The average Bonchev–Trinajstić information content (AvgIpc) is 3.08. The van der Waals surface area contributed by atoms with Crippen molar-refractivity contribution < 1.29 is 0 Å². The van der Waals surface area contributed by atoms with E-state index < -0.39 is 0 Å². The zero-order valence-electron chi connectivity index (χ0n) is 9.83. The molecule has 16 heavy (non-hydrogen) atoms. The maximum absolute atomic E-state index is 5.84. The third-order valence-electron chi connectivity index (χ3n) is 3.01. The molecule has 88 valence electrons. The summed E-state index contributed by atoms with van der Waals surface area (Å²) < 4.78 is 1.05. The SMILES string of the molecule is CCCN(c1ncc(N)c(C)c1Br)C1CC1. The molecule has 1 aliphatic carbocycles. The Balaban J connectivity index is 2.33. The number of hydrogen-bond donors (Lipinski definition) is 1. The molecule has 0 amide bonds.